The maximum Gasteiger partial charge on any atom is 0.363 e. The number of benzene rings is 2. The largest absolute Gasteiger partial charge is 0.496 e. The van der Waals surface area contributed by atoms with E-state index in [4.69, 9.17) is 4.74 Å². The van der Waals surface area contributed by atoms with Crippen molar-refractivity contribution in [3.8, 4) is 5.75 Å². The number of carbonyl (C=O) groups is 1. The lowest BCUT2D eigenvalue weighted by Crippen LogP contribution is -2.21. The molecule has 0 amide bonds. The number of methoxy groups -OCH3 is 1. The number of hydrogen-bond acceptors (Lipinski definition) is 2. The van der Waals surface area contributed by atoms with Crippen molar-refractivity contribution in [2.24, 2.45) is 0 Å². The molecule has 0 unspecified atom stereocenters. The lowest BCUT2D eigenvalue weighted by atomic mass is 10.0. The van der Waals surface area contributed by atoms with Crippen molar-refractivity contribution in [1.29, 1.82) is 0 Å². The van der Waals surface area contributed by atoms with E-state index in [0.717, 1.165) is 0 Å². The minimum atomic E-state index is -3.61. The molecule has 2 rings (SSSR count). The predicted octanol–water partition coefficient (Wildman–Crippen LogP) is 4.02. The smallest absolute Gasteiger partial charge is 0.363 e. The second kappa shape index (κ2) is 4.65. The Labute approximate surface area is 111 Å². The molecule has 0 N–H and O–H groups in total. The average molecular weight is 315 g/mol. The summed E-state index contributed by atoms with van der Waals surface area (Å²) in [6.45, 7) is 0. The molecular formula is C13H9BrF2O2. The Morgan fingerprint density at radius 1 is 1.22 bits per heavy atom. The van der Waals surface area contributed by atoms with Gasteiger partial charge in [0.2, 0.25) is 5.78 Å². The van der Waals surface area contributed by atoms with Crippen LogP contribution < -0.4 is 4.74 Å². The van der Waals surface area contributed by atoms with Crippen molar-refractivity contribution < 1.29 is 18.3 Å². The van der Waals surface area contributed by atoms with Crippen LogP contribution in [0.4, 0.5) is 8.78 Å². The topological polar surface area (TPSA) is 26.3 Å². The minimum absolute atomic E-state index is 0.113. The molecule has 0 aromatic heterocycles. The van der Waals surface area contributed by atoms with Gasteiger partial charge in [0.25, 0.3) is 0 Å². The van der Waals surface area contributed by atoms with Crippen molar-refractivity contribution in [2.45, 2.75) is 4.83 Å². The summed E-state index contributed by atoms with van der Waals surface area (Å²) >= 11 is 2.09. The van der Waals surface area contributed by atoms with Gasteiger partial charge < -0.3 is 4.74 Å². The van der Waals surface area contributed by atoms with Crippen LogP contribution >= 0.6 is 15.9 Å². The third-order valence-electron chi connectivity index (χ3n) is 2.60. The molecule has 0 saturated carbocycles. The van der Waals surface area contributed by atoms with Crippen LogP contribution in [-0.2, 0) is 0 Å². The summed E-state index contributed by atoms with van der Waals surface area (Å²) in [5.41, 5.74) is -0.113. The molecule has 0 aliphatic rings. The van der Waals surface area contributed by atoms with Crippen molar-refractivity contribution in [3.05, 3.63) is 42.0 Å². The molecule has 0 saturated heterocycles. The van der Waals surface area contributed by atoms with Gasteiger partial charge in [-0.3, -0.25) is 4.79 Å². The third kappa shape index (κ3) is 2.22. The van der Waals surface area contributed by atoms with Crippen molar-refractivity contribution in [2.75, 3.05) is 7.11 Å². The number of carbonyl (C=O) groups excluding carboxylic acids is 1. The molecule has 2 aromatic carbocycles. The van der Waals surface area contributed by atoms with Gasteiger partial charge in [-0.2, -0.15) is 8.78 Å². The third-order valence-corrected chi connectivity index (χ3v) is 2.96. The monoisotopic (exact) mass is 314 g/mol. The lowest BCUT2D eigenvalue weighted by molar-refractivity contribution is 0.0591. The summed E-state index contributed by atoms with van der Waals surface area (Å²) in [4.78, 5) is 8.18. The number of alkyl halides is 3. The summed E-state index contributed by atoms with van der Waals surface area (Å²) in [6.07, 6.45) is 0. The first-order valence-corrected chi connectivity index (χ1v) is 5.91. The van der Waals surface area contributed by atoms with Crippen molar-refractivity contribution in [3.63, 3.8) is 0 Å². The van der Waals surface area contributed by atoms with Gasteiger partial charge >= 0.3 is 4.83 Å². The first-order chi connectivity index (χ1) is 8.45. The lowest BCUT2D eigenvalue weighted by Gasteiger charge is -2.13. The Bertz CT molecular complexity index is 605. The van der Waals surface area contributed by atoms with Gasteiger partial charge in [-0.25, -0.2) is 0 Å². The van der Waals surface area contributed by atoms with Crippen LogP contribution in [0.15, 0.2) is 36.4 Å². The highest BCUT2D eigenvalue weighted by Gasteiger charge is 2.38. The Morgan fingerprint density at radius 3 is 2.50 bits per heavy atom. The van der Waals surface area contributed by atoms with Crippen LogP contribution in [0.2, 0.25) is 0 Å². The van der Waals surface area contributed by atoms with Gasteiger partial charge in [-0.15, -0.1) is 0 Å². The van der Waals surface area contributed by atoms with Gasteiger partial charge in [0, 0.05) is 0 Å². The highest BCUT2D eigenvalue weighted by atomic mass is 79.9. The number of Topliss-reactive ketones (excluding diaryl/α,β-unsaturated/α-hetero) is 1. The first-order valence-electron chi connectivity index (χ1n) is 5.12. The van der Waals surface area contributed by atoms with Gasteiger partial charge in [0.15, 0.2) is 0 Å². The number of halogens is 3. The highest BCUT2D eigenvalue weighted by Crippen LogP contribution is 2.35. The number of hydrogen-bond donors (Lipinski definition) is 0. The Kier molecular flexibility index (Phi) is 3.34. The standard InChI is InChI=1S/C13H9BrF2O2/c1-18-10-7-6-8-4-2-3-5-9(8)11(10)12(17)13(14,15)16/h2-7H,1H3. The number of rotatable bonds is 3. The molecule has 18 heavy (non-hydrogen) atoms. The van der Waals surface area contributed by atoms with Crippen molar-refractivity contribution in [1.82, 2.24) is 0 Å². The van der Waals surface area contributed by atoms with E-state index < -0.39 is 10.6 Å². The normalized spacial score (nSPS) is 11.6. The van der Waals surface area contributed by atoms with Crippen LogP contribution in [-0.4, -0.2) is 17.7 Å². The molecule has 0 aliphatic carbocycles. The molecule has 2 aromatic rings. The Balaban J connectivity index is 2.77. The van der Waals surface area contributed by atoms with E-state index >= 15 is 0 Å². The molecule has 0 radical (unpaired) electrons. The zero-order valence-electron chi connectivity index (χ0n) is 9.41. The molecule has 0 atom stereocenters. The number of ether oxygens (including phenoxy) is 1. The SMILES string of the molecule is COc1ccc2ccccc2c1C(=O)C(F)(F)Br. The van der Waals surface area contributed by atoms with Crippen LogP contribution in [0.1, 0.15) is 10.4 Å². The predicted molar refractivity (Wildman–Crippen MR) is 68.7 cm³/mol. The summed E-state index contributed by atoms with van der Waals surface area (Å²) in [6, 6.07) is 10.0. The second-order valence-electron chi connectivity index (χ2n) is 3.69. The van der Waals surface area contributed by atoms with E-state index in [-0.39, 0.29) is 11.3 Å². The van der Waals surface area contributed by atoms with Crippen LogP contribution in [0.3, 0.4) is 0 Å². The van der Waals surface area contributed by atoms with Crippen LogP contribution in [0.25, 0.3) is 10.8 Å². The Morgan fingerprint density at radius 2 is 1.89 bits per heavy atom. The van der Waals surface area contributed by atoms with Crippen LogP contribution in [0.5, 0.6) is 5.75 Å². The zero-order chi connectivity index (χ0) is 13.3. The van der Waals surface area contributed by atoms with Gasteiger partial charge in [-0.1, -0.05) is 30.3 Å². The molecule has 0 heterocycles. The fourth-order valence-electron chi connectivity index (χ4n) is 1.80. The van der Waals surface area contributed by atoms with E-state index in [1.807, 2.05) is 0 Å². The van der Waals surface area contributed by atoms with E-state index in [1.54, 1.807) is 30.3 Å². The molecule has 94 valence electrons. The summed E-state index contributed by atoms with van der Waals surface area (Å²) < 4.78 is 31.3. The Hall–Kier alpha value is -1.49. The zero-order valence-corrected chi connectivity index (χ0v) is 11.0. The summed E-state index contributed by atoms with van der Waals surface area (Å²) in [7, 11) is 1.34. The fourth-order valence-corrected chi connectivity index (χ4v) is 2.00. The van der Waals surface area contributed by atoms with Crippen molar-refractivity contribution >= 4 is 32.5 Å². The molecule has 5 heteroatoms. The van der Waals surface area contributed by atoms with Gasteiger partial charge in [0.05, 0.1) is 12.7 Å². The number of ketones is 1. The summed E-state index contributed by atoms with van der Waals surface area (Å²) in [5.74, 6) is -1.17. The quantitative estimate of drug-likeness (QED) is 0.632. The molecule has 2 nitrogen and oxygen atoms in total. The molecule has 0 bridgehead atoms. The summed E-state index contributed by atoms with van der Waals surface area (Å²) in [5, 5.41) is 1.15. The van der Waals surface area contributed by atoms with E-state index in [9.17, 15) is 13.6 Å². The second-order valence-corrected chi connectivity index (χ2v) is 4.69. The molecular weight excluding hydrogens is 306 g/mol. The molecule has 0 aliphatic heterocycles. The molecule has 0 spiro atoms. The fraction of sp³-hybridized carbons (Fsp3) is 0.154. The maximum atomic E-state index is 13.2. The van der Waals surface area contributed by atoms with E-state index in [0.29, 0.717) is 10.8 Å². The van der Waals surface area contributed by atoms with E-state index in [2.05, 4.69) is 15.9 Å². The average Bonchev–Trinajstić information content (AvgIpc) is 2.35. The highest BCUT2D eigenvalue weighted by molar-refractivity contribution is 9.10. The van der Waals surface area contributed by atoms with Gasteiger partial charge in [-0.05, 0) is 32.8 Å². The number of fused-ring (bicyclic) bond motifs is 1. The van der Waals surface area contributed by atoms with Crippen LogP contribution in [0, 0.1) is 0 Å². The molecule has 0 fully saturated rings. The maximum absolute atomic E-state index is 13.2. The van der Waals surface area contributed by atoms with E-state index in [1.165, 1.54) is 13.2 Å². The minimum Gasteiger partial charge on any atom is -0.496 e. The first kappa shape index (κ1) is 13.0. The van der Waals surface area contributed by atoms with Gasteiger partial charge in [0.1, 0.15) is 5.75 Å².